The van der Waals surface area contributed by atoms with Crippen molar-refractivity contribution < 1.29 is 9.53 Å². The molecule has 1 heterocycles. The third kappa shape index (κ3) is 1.46. The first kappa shape index (κ1) is 9.97. The van der Waals surface area contributed by atoms with Crippen LogP contribution in [0.3, 0.4) is 0 Å². The molecule has 0 saturated carbocycles. The van der Waals surface area contributed by atoms with Crippen molar-refractivity contribution in [1.82, 2.24) is 0 Å². The molecule has 0 bridgehead atoms. The van der Waals surface area contributed by atoms with E-state index in [0.29, 0.717) is 11.3 Å². The quantitative estimate of drug-likeness (QED) is 0.517. The van der Waals surface area contributed by atoms with Gasteiger partial charge in [-0.05, 0) is 20.8 Å². The van der Waals surface area contributed by atoms with Crippen molar-refractivity contribution in [3.8, 4) is 0 Å². The maximum atomic E-state index is 10.8. The largest absolute Gasteiger partial charge is 0.482 e. The van der Waals surface area contributed by atoms with E-state index in [-0.39, 0.29) is 5.60 Å². The predicted molar refractivity (Wildman–Crippen MR) is 59.2 cm³/mol. The summed E-state index contributed by atoms with van der Waals surface area (Å²) in [5.74, 6) is 0.714. The Hall–Kier alpha value is -1.57. The van der Waals surface area contributed by atoms with Crippen molar-refractivity contribution in [3.05, 3.63) is 41.0 Å². The van der Waals surface area contributed by atoms with Gasteiger partial charge in [-0.25, -0.2) is 0 Å². The van der Waals surface area contributed by atoms with Gasteiger partial charge in [-0.15, -0.1) is 0 Å². The molecule has 0 radical (unpaired) electrons. The van der Waals surface area contributed by atoms with Gasteiger partial charge >= 0.3 is 0 Å². The number of benzene rings is 1. The smallest absolute Gasteiger partial charge is 0.149 e. The van der Waals surface area contributed by atoms with Crippen LogP contribution in [0.4, 0.5) is 0 Å². The zero-order valence-corrected chi connectivity index (χ0v) is 9.20. The second kappa shape index (κ2) is 3.23. The number of ether oxygens (including phenoxy) is 1. The fourth-order valence-corrected chi connectivity index (χ4v) is 1.92. The highest BCUT2D eigenvalue weighted by molar-refractivity contribution is 5.87. The number of aldehydes is 1. The van der Waals surface area contributed by atoms with Gasteiger partial charge in [0.2, 0.25) is 0 Å². The van der Waals surface area contributed by atoms with E-state index in [1.54, 1.807) is 6.92 Å². The van der Waals surface area contributed by atoms with Crippen LogP contribution in [-0.4, -0.2) is 6.29 Å². The van der Waals surface area contributed by atoms with Crippen molar-refractivity contribution in [1.29, 1.82) is 0 Å². The molecule has 0 unspecified atom stereocenters. The SMILES string of the molecule is C/C(C=O)=C1/OC(C)(C)c2ccccc21. The summed E-state index contributed by atoms with van der Waals surface area (Å²) < 4.78 is 5.82. The van der Waals surface area contributed by atoms with E-state index in [1.807, 2.05) is 38.1 Å². The highest BCUT2D eigenvalue weighted by Crippen LogP contribution is 2.43. The number of carbonyl (C=O) groups excluding carboxylic acids is 1. The van der Waals surface area contributed by atoms with Crippen LogP contribution in [0.2, 0.25) is 0 Å². The first-order valence-corrected chi connectivity index (χ1v) is 5.01. The first-order valence-electron chi connectivity index (χ1n) is 5.01. The minimum atomic E-state index is -0.337. The molecule has 1 aromatic carbocycles. The number of fused-ring (bicyclic) bond motifs is 1. The lowest BCUT2D eigenvalue weighted by Gasteiger charge is -2.19. The third-order valence-electron chi connectivity index (χ3n) is 2.71. The molecule has 0 spiro atoms. The second-order valence-electron chi connectivity index (χ2n) is 4.29. The Balaban J connectivity index is 2.67. The van der Waals surface area contributed by atoms with Crippen molar-refractivity contribution >= 4 is 12.0 Å². The molecule has 78 valence electrons. The summed E-state index contributed by atoms with van der Waals surface area (Å²) in [5, 5.41) is 0. The van der Waals surface area contributed by atoms with Crippen LogP contribution in [0, 0.1) is 0 Å². The van der Waals surface area contributed by atoms with Gasteiger partial charge < -0.3 is 4.74 Å². The van der Waals surface area contributed by atoms with E-state index in [9.17, 15) is 4.79 Å². The minimum absolute atomic E-state index is 0.337. The average Bonchev–Trinajstić information content (AvgIpc) is 2.51. The van der Waals surface area contributed by atoms with Crippen LogP contribution < -0.4 is 0 Å². The van der Waals surface area contributed by atoms with E-state index in [2.05, 4.69) is 0 Å². The molecule has 1 aliphatic heterocycles. The number of hydrogen-bond donors (Lipinski definition) is 0. The lowest BCUT2D eigenvalue weighted by molar-refractivity contribution is -0.104. The van der Waals surface area contributed by atoms with Gasteiger partial charge in [0, 0.05) is 16.7 Å². The van der Waals surface area contributed by atoms with E-state index in [1.165, 1.54) is 0 Å². The van der Waals surface area contributed by atoms with E-state index < -0.39 is 0 Å². The Kier molecular flexibility index (Phi) is 2.14. The van der Waals surface area contributed by atoms with E-state index in [4.69, 9.17) is 4.74 Å². The molecule has 0 atom stereocenters. The standard InChI is InChI=1S/C13H14O2/c1-9(8-14)12-10-6-4-5-7-11(10)13(2,3)15-12/h4-8H,1-3H3/b12-9-. The van der Waals surface area contributed by atoms with E-state index in [0.717, 1.165) is 17.4 Å². The maximum Gasteiger partial charge on any atom is 0.149 e. The van der Waals surface area contributed by atoms with Gasteiger partial charge in [-0.2, -0.15) is 0 Å². The lowest BCUT2D eigenvalue weighted by Crippen LogP contribution is -2.14. The molecule has 0 N–H and O–H groups in total. The Bertz CT molecular complexity index is 442. The summed E-state index contributed by atoms with van der Waals surface area (Å²) in [6, 6.07) is 7.98. The van der Waals surface area contributed by atoms with Gasteiger partial charge in [0.15, 0.2) is 0 Å². The zero-order valence-electron chi connectivity index (χ0n) is 9.20. The predicted octanol–water partition coefficient (Wildman–Crippen LogP) is 2.88. The highest BCUT2D eigenvalue weighted by atomic mass is 16.5. The van der Waals surface area contributed by atoms with E-state index >= 15 is 0 Å². The number of hydrogen-bond acceptors (Lipinski definition) is 2. The number of allylic oxidation sites excluding steroid dienone is 1. The van der Waals surface area contributed by atoms with Crippen LogP contribution in [0.15, 0.2) is 29.8 Å². The van der Waals surface area contributed by atoms with Gasteiger partial charge in [-0.3, -0.25) is 4.79 Å². The highest BCUT2D eigenvalue weighted by Gasteiger charge is 2.35. The fourth-order valence-electron chi connectivity index (χ4n) is 1.92. The Labute approximate surface area is 89.6 Å². The Morgan fingerprint density at radius 1 is 1.33 bits per heavy atom. The molecule has 1 aliphatic rings. The summed E-state index contributed by atoms with van der Waals surface area (Å²) in [5.41, 5.74) is 2.48. The fraction of sp³-hybridized carbons (Fsp3) is 0.308. The Morgan fingerprint density at radius 3 is 2.67 bits per heavy atom. The van der Waals surface area contributed by atoms with Crippen LogP contribution in [0.5, 0.6) is 0 Å². The molecule has 1 aromatic rings. The summed E-state index contributed by atoms with van der Waals surface area (Å²) in [7, 11) is 0. The maximum absolute atomic E-state index is 10.8. The van der Waals surface area contributed by atoms with Crippen LogP contribution in [0.25, 0.3) is 5.76 Å². The van der Waals surface area contributed by atoms with Crippen molar-refractivity contribution in [2.75, 3.05) is 0 Å². The Morgan fingerprint density at radius 2 is 2.00 bits per heavy atom. The van der Waals surface area contributed by atoms with Crippen molar-refractivity contribution in [3.63, 3.8) is 0 Å². The van der Waals surface area contributed by atoms with Gasteiger partial charge in [-0.1, -0.05) is 24.3 Å². The van der Waals surface area contributed by atoms with Crippen LogP contribution >= 0.6 is 0 Å². The number of rotatable bonds is 1. The summed E-state index contributed by atoms with van der Waals surface area (Å²) in [6.45, 7) is 5.80. The average molecular weight is 202 g/mol. The van der Waals surface area contributed by atoms with Crippen LogP contribution in [-0.2, 0) is 15.1 Å². The molecule has 0 fully saturated rings. The molecule has 0 amide bonds. The zero-order chi connectivity index (χ0) is 11.1. The molecular formula is C13H14O2. The summed E-state index contributed by atoms with van der Waals surface area (Å²) >= 11 is 0. The second-order valence-corrected chi connectivity index (χ2v) is 4.29. The third-order valence-corrected chi connectivity index (χ3v) is 2.71. The normalized spacial score (nSPS) is 20.5. The topological polar surface area (TPSA) is 26.3 Å². The molecule has 0 saturated heterocycles. The molecule has 15 heavy (non-hydrogen) atoms. The monoisotopic (exact) mass is 202 g/mol. The molecular weight excluding hydrogens is 188 g/mol. The lowest BCUT2D eigenvalue weighted by atomic mass is 9.95. The van der Waals surface area contributed by atoms with Crippen LogP contribution in [0.1, 0.15) is 31.9 Å². The summed E-state index contributed by atoms with van der Waals surface area (Å²) in [4.78, 5) is 10.8. The van der Waals surface area contributed by atoms with Gasteiger partial charge in [0.05, 0.1) is 0 Å². The summed E-state index contributed by atoms with van der Waals surface area (Å²) in [6.07, 6.45) is 0.841. The molecule has 2 rings (SSSR count). The molecule has 2 heteroatoms. The number of carbonyl (C=O) groups is 1. The molecule has 0 aromatic heterocycles. The first-order chi connectivity index (χ1) is 7.06. The molecule has 2 nitrogen and oxygen atoms in total. The van der Waals surface area contributed by atoms with Crippen molar-refractivity contribution in [2.45, 2.75) is 26.4 Å². The van der Waals surface area contributed by atoms with Gasteiger partial charge in [0.1, 0.15) is 17.6 Å². The minimum Gasteiger partial charge on any atom is -0.482 e. The molecule has 0 aliphatic carbocycles. The van der Waals surface area contributed by atoms with Gasteiger partial charge in [0.25, 0.3) is 0 Å². The van der Waals surface area contributed by atoms with Crippen molar-refractivity contribution in [2.24, 2.45) is 0 Å².